The van der Waals surface area contributed by atoms with Gasteiger partial charge in [0.15, 0.2) is 16.9 Å². The molecular formula is C24H24ClFN4O4. The summed E-state index contributed by atoms with van der Waals surface area (Å²) in [4.78, 5) is 27.8. The highest BCUT2D eigenvalue weighted by Crippen LogP contribution is 2.25. The second kappa shape index (κ2) is 9.31. The summed E-state index contributed by atoms with van der Waals surface area (Å²) < 4.78 is 30.3. The molecule has 1 saturated heterocycles. The fourth-order valence-electron chi connectivity index (χ4n) is 4.01. The summed E-state index contributed by atoms with van der Waals surface area (Å²) >= 11 is 5.93. The van der Waals surface area contributed by atoms with Gasteiger partial charge in [0.25, 0.3) is 5.91 Å². The summed E-state index contributed by atoms with van der Waals surface area (Å²) in [5.41, 5.74) is 1.96. The number of hydrogen-bond acceptors (Lipinski definition) is 7. The molecule has 2 aliphatic rings. The van der Waals surface area contributed by atoms with Crippen LogP contribution in [-0.2, 0) is 11.2 Å². The lowest BCUT2D eigenvalue weighted by molar-refractivity contribution is -0.146. The number of aromatic nitrogens is 3. The molecule has 10 heteroatoms. The number of rotatable bonds is 6. The Bertz CT molecular complexity index is 1260. The molecule has 0 unspecified atom stereocenters. The number of halogens is 2. The molecule has 3 aromatic heterocycles. The molecule has 0 bridgehead atoms. The number of alkyl halides is 1. The minimum absolute atomic E-state index is 0.0330. The third kappa shape index (κ3) is 4.90. The van der Waals surface area contributed by atoms with Crippen molar-refractivity contribution in [3.05, 3.63) is 58.2 Å². The fraction of sp³-hybridized carbons (Fsp3) is 0.417. The second-order valence-corrected chi connectivity index (χ2v) is 9.10. The topological polar surface area (TPSA) is 90.6 Å². The number of oxazole rings is 1. The average molecular weight is 487 g/mol. The van der Waals surface area contributed by atoms with Gasteiger partial charge >= 0.3 is 0 Å². The Labute approximate surface area is 200 Å². The van der Waals surface area contributed by atoms with Crippen LogP contribution in [0.1, 0.15) is 34.7 Å². The molecule has 2 aliphatic heterocycles. The molecular weight excluding hydrogens is 463 g/mol. The molecule has 3 aromatic rings. The molecule has 1 fully saturated rings. The van der Waals surface area contributed by atoms with Crippen LogP contribution in [0.5, 0.6) is 5.88 Å². The van der Waals surface area contributed by atoms with Crippen LogP contribution < -0.4 is 4.74 Å². The second-order valence-electron chi connectivity index (χ2n) is 8.71. The monoisotopic (exact) mass is 486 g/mol. The van der Waals surface area contributed by atoms with Gasteiger partial charge in [-0.2, -0.15) is 4.98 Å². The third-order valence-corrected chi connectivity index (χ3v) is 6.14. The number of amides is 1. The van der Waals surface area contributed by atoms with Gasteiger partial charge in [0, 0.05) is 31.3 Å². The van der Waals surface area contributed by atoms with E-state index in [1.807, 2.05) is 4.90 Å². The van der Waals surface area contributed by atoms with E-state index in [4.69, 9.17) is 25.5 Å². The molecule has 34 heavy (non-hydrogen) atoms. The van der Waals surface area contributed by atoms with E-state index in [0.717, 1.165) is 12.0 Å². The molecule has 0 spiro atoms. The number of carbonyl (C=O) groups is 1. The molecule has 0 aliphatic carbocycles. The van der Waals surface area contributed by atoms with E-state index in [-0.39, 0.29) is 25.7 Å². The van der Waals surface area contributed by atoms with Crippen molar-refractivity contribution in [1.82, 2.24) is 19.9 Å². The predicted molar refractivity (Wildman–Crippen MR) is 123 cm³/mol. The summed E-state index contributed by atoms with van der Waals surface area (Å²) in [7, 11) is 0. The quantitative estimate of drug-likeness (QED) is 0.382. The highest BCUT2D eigenvalue weighted by atomic mass is 35.5. The van der Waals surface area contributed by atoms with E-state index >= 15 is 0 Å². The van der Waals surface area contributed by atoms with Gasteiger partial charge in [-0.15, -0.1) is 0 Å². The van der Waals surface area contributed by atoms with Gasteiger partial charge in [-0.05, 0) is 38.0 Å². The summed E-state index contributed by atoms with van der Waals surface area (Å²) in [5.74, 6) is 0.816. The van der Waals surface area contributed by atoms with Crippen LogP contribution >= 0.6 is 11.6 Å². The van der Waals surface area contributed by atoms with Crippen molar-refractivity contribution in [3.63, 3.8) is 0 Å². The Hall–Kier alpha value is -3.04. The normalized spacial score (nSPS) is 17.7. The van der Waals surface area contributed by atoms with Gasteiger partial charge in [0.1, 0.15) is 11.8 Å². The van der Waals surface area contributed by atoms with Crippen molar-refractivity contribution in [2.24, 2.45) is 0 Å². The van der Waals surface area contributed by atoms with Crippen molar-refractivity contribution in [3.8, 4) is 5.88 Å². The largest absolute Gasteiger partial charge is 0.474 e. The molecule has 0 radical (unpaired) electrons. The molecule has 1 amide bonds. The smallest absolute Gasteiger partial charge is 0.255 e. The van der Waals surface area contributed by atoms with Gasteiger partial charge in [-0.1, -0.05) is 23.3 Å². The predicted octanol–water partition coefficient (Wildman–Crippen LogP) is 4.10. The van der Waals surface area contributed by atoms with Crippen molar-refractivity contribution in [1.29, 1.82) is 0 Å². The van der Waals surface area contributed by atoms with Crippen LogP contribution in [-0.4, -0.2) is 64.3 Å². The lowest BCUT2D eigenvalue weighted by atomic mass is 10.1. The average Bonchev–Trinajstić information content (AvgIpc) is 3.04. The number of fused-ring (bicyclic) bond motifs is 1. The number of ether oxygens (including phenoxy) is 2. The van der Waals surface area contributed by atoms with Crippen LogP contribution in [0.3, 0.4) is 0 Å². The Morgan fingerprint density at radius 1 is 1.29 bits per heavy atom. The maximum absolute atomic E-state index is 14.1. The first-order valence-corrected chi connectivity index (χ1v) is 11.5. The molecule has 8 nitrogen and oxygen atoms in total. The molecule has 178 valence electrons. The fourth-order valence-corrected chi connectivity index (χ4v) is 4.15. The molecule has 0 aromatic carbocycles. The number of nitrogens with zero attached hydrogens (tertiary/aromatic N) is 4. The minimum Gasteiger partial charge on any atom is -0.474 e. The maximum atomic E-state index is 14.1. The van der Waals surface area contributed by atoms with Gasteiger partial charge in [-0.3, -0.25) is 4.79 Å². The Balaban J connectivity index is 1.19. The lowest BCUT2D eigenvalue weighted by Crippen LogP contribution is -2.50. The van der Waals surface area contributed by atoms with E-state index < -0.39 is 5.67 Å². The molecule has 0 saturated carbocycles. The van der Waals surface area contributed by atoms with Crippen LogP contribution in [0.2, 0.25) is 5.15 Å². The van der Waals surface area contributed by atoms with Crippen LogP contribution in [0.25, 0.3) is 11.2 Å². The Morgan fingerprint density at radius 3 is 2.91 bits per heavy atom. The van der Waals surface area contributed by atoms with Gasteiger partial charge < -0.3 is 18.8 Å². The summed E-state index contributed by atoms with van der Waals surface area (Å²) in [6, 6.07) is 5.17. The molecule has 5 rings (SSSR count). The van der Waals surface area contributed by atoms with E-state index in [2.05, 4.69) is 21.0 Å². The number of pyridine rings is 2. The lowest BCUT2D eigenvalue weighted by Gasteiger charge is -2.33. The Morgan fingerprint density at radius 2 is 2.15 bits per heavy atom. The van der Waals surface area contributed by atoms with Gasteiger partial charge in [0.05, 0.1) is 18.8 Å². The molecule has 0 N–H and O–H groups in total. The van der Waals surface area contributed by atoms with E-state index in [0.29, 0.717) is 65.2 Å². The zero-order valence-corrected chi connectivity index (χ0v) is 19.5. The minimum atomic E-state index is -1.46. The SMILES string of the molecule is Cc1cc(C(=O)N2CCC=C(Cc3nc4nc(Cl)ccc4o3)CC2)cnc1OCC1(F)COC1. The van der Waals surface area contributed by atoms with Gasteiger partial charge in [-0.25, -0.2) is 14.4 Å². The molecule has 0 atom stereocenters. The Kier molecular flexibility index (Phi) is 6.22. The number of aryl methyl sites for hydroxylation is 1. The first-order valence-electron chi connectivity index (χ1n) is 11.1. The molecule has 5 heterocycles. The number of carbonyl (C=O) groups excluding carboxylic acids is 1. The summed E-state index contributed by atoms with van der Waals surface area (Å²) in [6.45, 7) is 2.94. The van der Waals surface area contributed by atoms with Crippen LogP contribution in [0.4, 0.5) is 4.39 Å². The van der Waals surface area contributed by atoms with Crippen molar-refractivity contribution in [2.45, 2.75) is 31.9 Å². The summed E-state index contributed by atoms with van der Waals surface area (Å²) in [6.07, 6.45) is 5.64. The van der Waals surface area contributed by atoms with Crippen LogP contribution in [0, 0.1) is 6.92 Å². The van der Waals surface area contributed by atoms with E-state index in [1.165, 1.54) is 6.20 Å². The van der Waals surface area contributed by atoms with E-state index in [1.54, 1.807) is 25.1 Å². The zero-order chi connectivity index (χ0) is 23.7. The van der Waals surface area contributed by atoms with Crippen molar-refractivity contribution < 1.29 is 23.1 Å². The van der Waals surface area contributed by atoms with Crippen molar-refractivity contribution >= 4 is 28.7 Å². The van der Waals surface area contributed by atoms with Crippen LogP contribution in [0.15, 0.2) is 40.5 Å². The third-order valence-electron chi connectivity index (χ3n) is 5.93. The van der Waals surface area contributed by atoms with E-state index in [9.17, 15) is 9.18 Å². The van der Waals surface area contributed by atoms with Gasteiger partial charge in [0.2, 0.25) is 11.8 Å². The maximum Gasteiger partial charge on any atom is 0.255 e. The first-order chi connectivity index (χ1) is 16.4. The highest BCUT2D eigenvalue weighted by Gasteiger charge is 2.40. The standard InChI is InChI=1S/C24H24ClFN4O4/c1-15-9-17(11-27-22(15)33-14-24(26)12-32-13-24)23(31)30-7-2-3-16(6-8-30)10-20-29-21-18(34-20)4-5-19(25)28-21/h3-5,9,11H,2,6-8,10,12-14H2,1H3. The first kappa shape index (κ1) is 22.7. The summed E-state index contributed by atoms with van der Waals surface area (Å²) in [5, 5.41) is 0.374. The van der Waals surface area contributed by atoms with Crippen molar-refractivity contribution in [2.75, 3.05) is 32.9 Å². The zero-order valence-electron chi connectivity index (χ0n) is 18.7. The number of hydrogen-bond donors (Lipinski definition) is 0. The highest BCUT2D eigenvalue weighted by molar-refractivity contribution is 6.29.